The molecular weight excluding hydrogens is 757 g/mol. The van der Waals surface area contributed by atoms with Crippen molar-refractivity contribution < 1.29 is 0 Å². The molecule has 0 aliphatic heterocycles. The fraction of sp³-hybridized carbons (Fsp3) is 0.333. The predicted molar refractivity (Wildman–Crippen MR) is 251 cm³/mol. The quantitative estimate of drug-likeness (QED) is 0.186. The Hall–Kier alpha value is -4.60. The first-order valence-electron chi connectivity index (χ1n) is 20.5. The third-order valence-corrected chi connectivity index (χ3v) is 15.5. The third-order valence-electron chi connectivity index (χ3n) is 15.1. The van der Waals surface area contributed by atoms with E-state index in [2.05, 4.69) is 206 Å². The molecule has 3 heteroatoms. The van der Waals surface area contributed by atoms with E-state index in [-0.39, 0.29) is 32.5 Å². The molecule has 0 unspecified atom stereocenters. The molecule has 0 spiro atoms. The summed E-state index contributed by atoms with van der Waals surface area (Å²) in [4.78, 5) is 2.36. The maximum Gasteiger partial charge on any atom is 0.0464 e. The first-order chi connectivity index (χ1) is 26.7. The average Bonchev–Trinajstić information content (AvgIpc) is 3.36. The van der Waals surface area contributed by atoms with Crippen molar-refractivity contribution in [3.05, 3.63) is 184 Å². The SMILES string of the molecule is CC1(C)c2ccc(Br)cc2C(C)(C)C1(C)C.CC1(C)c2ccc(N(c3ccccc3)c3ccccc3)cc2C(C)(C)C1(C)C.c1ccc(Nc2ccccc2)cc1. The molecule has 0 radical (unpaired) electrons. The number of halogens is 1. The minimum atomic E-state index is 0.0981. The van der Waals surface area contributed by atoms with Gasteiger partial charge in [-0.2, -0.15) is 0 Å². The molecule has 296 valence electrons. The van der Waals surface area contributed by atoms with Crippen LogP contribution in [-0.2, 0) is 21.7 Å². The molecule has 0 bridgehead atoms. The van der Waals surface area contributed by atoms with Crippen LogP contribution in [0.15, 0.2) is 162 Å². The summed E-state index contributed by atoms with van der Waals surface area (Å²) in [6, 6.07) is 55.4. The summed E-state index contributed by atoms with van der Waals surface area (Å²) in [6.45, 7) is 28.7. The number of benzene rings is 6. The standard InChI is InChI=1S/C27H31N.C15H21Br.C12H11N/c1-25(2)23-18-17-22(19-24(23)26(3,4)27(25,5)6)28(20-13-9-7-10-14-20)21-15-11-8-12-16-21;1-13(2)11-8-7-10(16)9-12(11)14(3,4)15(13,5)6;1-3-7-11(8-4-1)13-12-9-5-2-6-10-12/h7-19H,1-6H3;7-9H,1-6H3;1-10,13H. The highest BCUT2D eigenvalue weighted by Gasteiger charge is 2.57. The van der Waals surface area contributed by atoms with E-state index < -0.39 is 0 Å². The summed E-state index contributed by atoms with van der Waals surface area (Å²) >= 11 is 3.59. The van der Waals surface area contributed by atoms with Gasteiger partial charge in [0.25, 0.3) is 0 Å². The third kappa shape index (κ3) is 7.49. The first-order valence-corrected chi connectivity index (χ1v) is 21.3. The molecule has 8 rings (SSSR count). The summed E-state index contributed by atoms with van der Waals surface area (Å²) in [5, 5.41) is 3.30. The lowest BCUT2D eigenvalue weighted by Crippen LogP contribution is -2.42. The zero-order valence-corrected chi connectivity index (χ0v) is 37.9. The van der Waals surface area contributed by atoms with Gasteiger partial charge in [-0.1, -0.05) is 184 Å². The van der Waals surface area contributed by atoms with Gasteiger partial charge < -0.3 is 10.2 Å². The maximum atomic E-state index is 3.59. The Morgan fingerprint density at radius 3 is 1.09 bits per heavy atom. The lowest BCUT2D eigenvalue weighted by atomic mass is 9.59. The van der Waals surface area contributed by atoms with Crippen LogP contribution in [0.2, 0.25) is 0 Å². The van der Waals surface area contributed by atoms with Gasteiger partial charge in [0.2, 0.25) is 0 Å². The lowest BCUT2D eigenvalue weighted by Gasteiger charge is -2.44. The minimum Gasteiger partial charge on any atom is -0.356 e. The van der Waals surface area contributed by atoms with Crippen molar-refractivity contribution in [3.8, 4) is 0 Å². The minimum absolute atomic E-state index is 0.0981. The van der Waals surface area contributed by atoms with Gasteiger partial charge in [0.1, 0.15) is 0 Å². The molecule has 57 heavy (non-hydrogen) atoms. The second-order valence-electron chi connectivity index (χ2n) is 19.0. The van der Waals surface area contributed by atoms with E-state index in [1.165, 1.54) is 43.8 Å². The fourth-order valence-electron chi connectivity index (χ4n) is 9.03. The van der Waals surface area contributed by atoms with Crippen LogP contribution in [0.1, 0.15) is 105 Å². The number of anilines is 5. The van der Waals surface area contributed by atoms with Crippen LogP contribution in [0.25, 0.3) is 0 Å². The summed E-state index contributed by atoms with van der Waals surface area (Å²) in [7, 11) is 0. The number of hydrogen-bond acceptors (Lipinski definition) is 2. The fourth-order valence-corrected chi connectivity index (χ4v) is 9.39. The summed E-state index contributed by atoms with van der Waals surface area (Å²) < 4.78 is 1.19. The molecule has 0 saturated carbocycles. The van der Waals surface area contributed by atoms with Crippen LogP contribution in [0, 0.1) is 10.8 Å². The zero-order valence-electron chi connectivity index (χ0n) is 36.3. The van der Waals surface area contributed by atoms with Gasteiger partial charge in [-0.3, -0.25) is 0 Å². The maximum absolute atomic E-state index is 3.59. The van der Waals surface area contributed by atoms with Crippen LogP contribution < -0.4 is 10.2 Å². The first kappa shape index (κ1) is 42.0. The Balaban J connectivity index is 0.000000160. The van der Waals surface area contributed by atoms with Gasteiger partial charge in [0.05, 0.1) is 0 Å². The molecule has 6 aromatic carbocycles. The molecule has 6 aromatic rings. The Morgan fingerprint density at radius 2 is 0.684 bits per heavy atom. The largest absolute Gasteiger partial charge is 0.356 e. The van der Waals surface area contributed by atoms with Gasteiger partial charge >= 0.3 is 0 Å². The van der Waals surface area contributed by atoms with E-state index in [1.54, 1.807) is 0 Å². The van der Waals surface area contributed by atoms with E-state index >= 15 is 0 Å². The number of nitrogens with zero attached hydrogens (tertiary/aromatic N) is 1. The molecule has 0 atom stereocenters. The molecule has 1 N–H and O–H groups in total. The molecule has 0 aromatic heterocycles. The molecule has 0 saturated heterocycles. The van der Waals surface area contributed by atoms with E-state index in [0.29, 0.717) is 0 Å². The van der Waals surface area contributed by atoms with Crippen molar-refractivity contribution in [2.45, 2.75) is 105 Å². The van der Waals surface area contributed by atoms with Crippen LogP contribution >= 0.6 is 15.9 Å². The molecule has 0 heterocycles. The number of fused-ring (bicyclic) bond motifs is 2. The highest BCUT2D eigenvalue weighted by molar-refractivity contribution is 9.10. The van der Waals surface area contributed by atoms with E-state index in [1.807, 2.05) is 60.7 Å². The van der Waals surface area contributed by atoms with Crippen molar-refractivity contribution in [1.82, 2.24) is 0 Å². The Kier molecular flexibility index (Phi) is 11.5. The lowest BCUT2D eigenvalue weighted by molar-refractivity contribution is 0.125. The Labute approximate surface area is 352 Å². The predicted octanol–water partition coefficient (Wildman–Crippen LogP) is 16.2. The van der Waals surface area contributed by atoms with Crippen molar-refractivity contribution in [2.24, 2.45) is 10.8 Å². The van der Waals surface area contributed by atoms with Crippen molar-refractivity contribution in [1.29, 1.82) is 0 Å². The number of nitrogens with one attached hydrogen (secondary N) is 1. The number of hydrogen-bond donors (Lipinski definition) is 1. The van der Waals surface area contributed by atoms with Gasteiger partial charge in [-0.05, 0) is 128 Å². The summed E-state index contributed by atoms with van der Waals surface area (Å²) in [5.74, 6) is 0. The second-order valence-corrected chi connectivity index (χ2v) is 19.9. The Bertz CT molecular complexity index is 2190. The molecule has 2 nitrogen and oxygen atoms in total. The van der Waals surface area contributed by atoms with E-state index in [9.17, 15) is 0 Å². The van der Waals surface area contributed by atoms with E-state index in [0.717, 1.165) is 11.4 Å². The summed E-state index contributed by atoms with van der Waals surface area (Å²) in [5.41, 5.74) is 12.9. The van der Waals surface area contributed by atoms with Gasteiger partial charge in [0.15, 0.2) is 0 Å². The molecule has 0 amide bonds. The van der Waals surface area contributed by atoms with Crippen LogP contribution in [-0.4, -0.2) is 0 Å². The highest BCUT2D eigenvalue weighted by Crippen LogP contribution is 2.63. The van der Waals surface area contributed by atoms with Crippen molar-refractivity contribution in [2.75, 3.05) is 10.2 Å². The van der Waals surface area contributed by atoms with Crippen molar-refractivity contribution in [3.63, 3.8) is 0 Å². The summed E-state index contributed by atoms with van der Waals surface area (Å²) in [6.07, 6.45) is 0. The van der Waals surface area contributed by atoms with Gasteiger partial charge in [-0.25, -0.2) is 0 Å². The molecule has 2 aliphatic carbocycles. The van der Waals surface area contributed by atoms with Crippen LogP contribution in [0.4, 0.5) is 28.4 Å². The van der Waals surface area contributed by atoms with Crippen LogP contribution in [0.3, 0.4) is 0 Å². The molecular formula is C54H63BrN2. The number of para-hydroxylation sites is 4. The number of rotatable bonds is 5. The molecule has 2 aliphatic rings. The van der Waals surface area contributed by atoms with Gasteiger partial charge in [-0.15, -0.1) is 0 Å². The average molecular weight is 820 g/mol. The molecule has 0 fully saturated rings. The van der Waals surface area contributed by atoms with E-state index in [4.69, 9.17) is 0 Å². The smallest absolute Gasteiger partial charge is 0.0464 e. The monoisotopic (exact) mass is 818 g/mol. The highest BCUT2D eigenvalue weighted by atomic mass is 79.9. The topological polar surface area (TPSA) is 15.3 Å². The Morgan fingerprint density at radius 1 is 0.351 bits per heavy atom. The zero-order chi connectivity index (χ0) is 41.4. The normalized spacial score (nSPS) is 18.1. The van der Waals surface area contributed by atoms with Crippen LogP contribution in [0.5, 0.6) is 0 Å². The second kappa shape index (κ2) is 15.6. The van der Waals surface area contributed by atoms with Crippen molar-refractivity contribution >= 4 is 44.4 Å². The van der Waals surface area contributed by atoms with Gasteiger partial charge in [0, 0.05) is 32.9 Å².